The fourth-order valence-corrected chi connectivity index (χ4v) is 15.3. The Morgan fingerprint density at radius 1 is 0.643 bits per heavy atom. The van der Waals surface area contributed by atoms with Gasteiger partial charge in [-0.05, 0) is 141 Å². The third-order valence-electron chi connectivity index (χ3n) is 19.7. The smallest absolute Gasteiger partial charge is 0.363 e. The van der Waals surface area contributed by atoms with Crippen molar-refractivity contribution in [1.29, 1.82) is 0 Å². The van der Waals surface area contributed by atoms with E-state index in [9.17, 15) is 92.0 Å². The SMILES string of the molecule is CCN(CCCS(=O)(=O)O)c1ccc2c(C(C)(C)C)cc(/C=C/C=C3\N(CCCS(=O)(=O)O)c4ccc(S(=O)(=O)O)cc4C3(C)CCCC(=O)N[C@@H](Cc3ccccc3)C(=O)C[C@@H](Cc3ccccc3)C(=O)NCC(=O)CCCNC(=O)[C@@H](CC(=O)CC[C@H](NC(=O)N[C@@H](CCC(=O)O)OC=O)C(=O)O)Cc3ccccc3)[o+]c2c1. The Labute approximate surface area is 669 Å². The number of carbonyl (C=O) groups is 10. The number of carboxylic acids is 2. The number of Topliss-reactive ketones (excluding diaryl/α,β-unsaturated/α-hetero) is 3. The lowest BCUT2D eigenvalue weighted by molar-refractivity contribution is -0.141. The van der Waals surface area contributed by atoms with E-state index in [-0.39, 0.29) is 109 Å². The summed E-state index contributed by atoms with van der Waals surface area (Å²) in [5.41, 5.74) is 4.01. The molecule has 1 unspecified atom stereocenters. The quantitative estimate of drug-likeness (QED) is 0.00559. The molecular weight excluding hydrogens is 1550 g/mol. The van der Waals surface area contributed by atoms with E-state index in [1.54, 1.807) is 114 Å². The Balaban J connectivity index is 1.05. The second kappa shape index (κ2) is 42.7. The molecule has 0 aliphatic carbocycles. The van der Waals surface area contributed by atoms with Crippen LogP contribution in [0.1, 0.15) is 152 Å². The van der Waals surface area contributed by atoms with Crippen LogP contribution in [-0.4, -0.2) is 171 Å². The maximum atomic E-state index is 14.9. The van der Waals surface area contributed by atoms with Crippen LogP contribution < -0.4 is 36.4 Å². The normalized spacial score (nSPS) is 15.3. The molecule has 0 bridgehead atoms. The lowest BCUT2D eigenvalue weighted by Crippen LogP contribution is -2.49. The van der Waals surface area contributed by atoms with Crippen LogP contribution in [0.25, 0.3) is 17.0 Å². The van der Waals surface area contributed by atoms with E-state index in [0.717, 1.165) is 16.6 Å². The number of hydrogen-bond acceptors (Lipinski definition) is 19. The summed E-state index contributed by atoms with van der Waals surface area (Å²) in [6.45, 7) is 10.2. The topological polar surface area (TPSA) is 461 Å². The van der Waals surface area contributed by atoms with Crippen molar-refractivity contribution in [2.45, 2.75) is 171 Å². The maximum Gasteiger partial charge on any atom is 0.363 e. The highest BCUT2D eigenvalue weighted by atomic mass is 32.2. The summed E-state index contributed by atoms with van der Waals surface area (Å²) in [6, 6.07) is 34.2. The first-order valence-electron chi connectivity index (χ1n) is 37.8. The van der Waals surface area contributed by atoms with Crippen molar-refractivity contribution in [3.05, 3.63) is 185 Å². The van der Waals surface area contributed by atoms with Crippen LogP contribution in [0.5, 0.6) is 0 Å². The summed E-state index contributed by atoms with van der Waals surface area (Å²) >= 11 is 0. The number of hydrogen-bond donors (Lipinski definition) is 10. The Bertz CT molecular complexity index is 4850. The molecule has 10 N–H and O–H groups in total. The number of nitrogens with one attached hydrogen (secondary N) is 5. The van der Waals surface area contributed by atoms with Crippen molar-refractivity contribution >= 4 is 118 Å². The monoisotopic (exact) mass is 1650 g/mol. The van der Waals surface area contributed by atoms with Crippen LogP contribution in [-0.2, 0) is 108 Å². The van der Waals surface area contributed by atoms with Crippen molar-refractivity contribution < 1.29 is 106 Å². The maximum absolute atomic E-state index is 14.9. The van der Waals surface area contributed by atoms with Crippen LogP contribution in [0.4, 0.5) is 16.2 Å². The van der Waals surface area contributed by atoms with Gasteiger partial charge in [-0.1, -0.05) is 118 Å². The molecule has 6 atom stereocenters. The molecule has 0 spiro atoms. The van der Waals surface area contributed by atoms with E-state index in [1.807, 2.05) is 63.8 Å². The number of benzene rings is 5. The molecule has 1 aliphatic heterocycles. The summed E-state index contributed by atoms with van der Waals surface area (Å²) in [7, 11) is -13.4. The number of ether oxygens (including phenoxy) is 1. The first-order chi connectivity index (χ1) is 54.3. The predicted octanol–water partition coefficient (Wildman–Crippen LogP) is 9.33. The summed E-state index contributed by atoms with van der Waals surface area (Å²) in [4.78, 5) is 134. The lowest BCUT2D eigenvalue weighted by Gasteiger charge is -2.30. The van der Waals surface area contributed by atoms with Gasteiger partial charge in [0.1, 0.15) is 11.8 Å². The predicted molar refractivity (Wildman–Crippen MR) is 430 cm³/mol. The minimum Gasteiger partial charge on any atom is -0.481 e. The van der Waals surface area contributed by atoms with Gasteiger partial charge in [0.15, 0.2) is 17.8 Å². The number of aliphatic carboxylic acids is 2. The molecule has 5 aromatic carbocycles. The number of rotatable bonds is 48. The van der Waals surface area contributed by atoms with Crippen molar-refractivity contribution in [3.63, 3.8) is 0 Å². The van der Waals surface area contributed by atoms with Gasteiger partial charge in [0.05, 0.1) is 46.9 Å². The molecule has 33 heteroatoms. The minimum absolute atomic E-state index is 0.0108. The summed E-state index contributed by atoms with van der Waals surface area (Å²) in [5.74, 6) is -8.55. The average Bonchev–Trinajstić information content (AvgIpc) is 1.58. The van der Waals surface area contributed by atoms with E-state index in [0.29, 0.717) is 58.1 Å². The number of carboxylic acid groups (broad SMARTS) is 2. The van der Waals surface area contributed by atoms with Gasteiger partial charge in [-0.3, -0.25) is 52.0 Å². The molecule has 0 saturated heterocycles. The van der Waals surface area contributed by atoms with E-state index >= 15 is 0 Å². The average molecular weight is 1650 g/mol. The Morgan fingerprint density at radius 3 is 1.83 bits per heavy atom. The number of amides is 5. The summed E-state index contributed by atoms with van der Waals surface area (Å²) < 4.78 is 114. The molecule has 1 aliphatic rings. The molecule has 30 nitrogen and oxygen atoms in total. The molecule has 2 heterocycles. The number of anilines is 2. The summed E-state index contributed by atoms with van der Waals surface area (Å²) in [6.07, 6.45) is 1.72. The number of allylic oxidation sites excluding steroid dienone is 3. The zero-order chi connectivity index (χ0) is 84.3. The molecular formula is C82H102N7O23S3+. The standard InChI is InChI=1S/C82H101N7O23S3/c1-6-88(41-19-43-113(102,103)104)60-31-34-65-66(81(2,3)4)51-63(112-72(65)50-60)28-16-29-73-82(5,67-52-64(115(108,109)110)33-36-70(67)89(73)42-20-44-114(105,106)107)39-17-30-74(94)85-69(47-57-25-14-9-15-26-57)71(93)49-59(46-56-23-12-8-13-24-56)78(98)84-53-62(92)27-18-40-83-77(97)58(45-55-21-10-7-11-22-55)48-61(91)32-35-68(79(99)100)86-80(101)87-75(111-54-90)37-38-76(95)96/h7-16,21-26,28-29,31,33-34,36,50-52,54,58-59,68-69,75H,6,17-20,27,30,32,35,37-49,53H2,1-5H3,(H9-,83,84,85,86,87,94,95,96,97,98,99,100,101,102,103,104,105,106,107,108,109,110)/p+1/b28-16+,73-29-/t58-,59-,68+,69+,75-,82?/m1/s1. The number of fused-ring (bicyclic) bond motifs is 2. The van der Waals surface area contributed by atoms with E-state index in [1.165, 1.54) is 18.2 Å². The van der Waals surface area contributed by atoms with E-state index < -0.39 is 160 Å². The molecule has 115 heavy (non-hydrogen) atoms. The second-order valence-electron chi connectivity index (χ2n) is 29.6. The third-order valence-corrected chi connectivity index (χ3v) is 22.2. The van der Waals surface area contributed by atoms with Crippen molar-refractivity contribution in [1.82, 2.24) is 26.6 Å². The van der Waals surface area contributed by atoms with Crippen molar-refractivity contribution in [2.75, 3.05) is 54.0 Å². The van der Waals surface area contributed by atoms with Gasteiger partial charge < -0.3 is 51.3 Å². The van der Waals surface area contributed by atoms with Crippen molar-refractivity contribution in [2.24, 2.45) is 11.8 Å². The Hall–Kier alpha value is -10.6. The van der Waals surface area contributed by atoms with Crippen LogP contribution >= 0.6 is 0 Å². The Morgan fingerprint density at radius 2 is 1.25 bits per heavy atom. The fourth-order valence-electron chi connectivity index (χ4n) is 13.8. The zero-order valence-corrected chi connectivity index (χ0v) is 67.3. The molecule has 620 valence electrons. The van der Waals surface area contributed by atoms with Gasteiger partial charge in [0.2, 0.25) is 17.7 Å². The van der Waals surface area contributed by atoms with Gasteiger partial charge in [-0.25, -0.2) is 14.0 Å². The zero-order valence-electron chi connectivity index (χ0n) is 64.9. The number of nitrogens with zero attached hydrogens (tertiary/aromatic N) is 2. The molecule has 0 saturated carbocycles. The van der Waals surface area contributed by atoms with Crippen LogP contribution in [0.15, 0.2) is 161 Å². The fraction of sp³-hybridized carbons (Fsp3) is 0.427. The minimum atomic E-state index is -4.80. The molecule has 0 radical (unpaired) electrons. The first kappa shape index (κ1) is 91.6. The number of carbonyl (C=O) groups excluding carboxylic acids is 8. The van der Waals surface area contributed by atoms with Crippen LogP contribution in [0.3, 0.4) is 0 Å². The number of urea groups is 1. The van der Waals surface area contributed by atoms with Crippen LogP contribution in [0.2, 0.25) is 0 Å². The molecule has 1 aromatic heterocycles. The Kier molecular flexibility index (Phi) is 34.0. The highest BCUT2D eigenvalue weighted by Crippen LogP contribution is 2.51. The highest BCUT2D eigenvalue weighted by molar-refractivity contribution is 7.86. The van der Waals surface area contributed by atoms with E-state index in [2.05, 4.69) is 31.3 Å². The van der Waals surface area contributed by atoms with Gasteiger partial charge >= 0.3 is 29.3 Å². The number of ketones is 3. The van der Waals surface area contributed by atoms with Gasteiger partial charge in [-0.15, -0.1) is 0 Å². The van der Waals surface area contributed by atoms with E-state index in [4.69, 9.17) is 9.52 Å². The largest absolute Gasteiger partial charge is 0.481 e. The first-order valence-corrected chi connectivity index (χ1v) is 42.5. The third kappa shape index (κ3) is 29.6. The molecule has 5 amide bonds. The van der Waals surface area contributed by atoms with Gasteiger partial charge in [0, 0.05) is 111 Å². The lowest BCUT2D eigenvalue weighted by atomic mass is 9.77. The van der Waals surface area contributed by atoms with Gasteiger partial charge in [-0.2, -0.15) is 25.3 Å². The molecule has 7 rings (SSSR count). The van der Waals surface area contributed by atoms with Crippen molar-refractivity contribution in [3.8, 4) is 0 Å². The summed E-state index contributed by atoms with van der Waals surface area (Å²) in [5, 5.41) is 32.4. The second-order valence-corrected chi connectivity index (χ2v) is 34.2. The molecule has 0 fully saturated rings. The van der Waals surface area contributed by atoms with Gasteiger partial charge in [0.25, 0.3) is 36.8 Å². The highest BCUT2D eigenvalue weighted by Gasteiger charge is 2.44. The molecule has 6 aromatic rings. The van der Waals surface area contributed by atoms with Crippen LogP contribution in [0, 0.1) is 11.8 Å².